The molecule has 2 aliphatic rings. The molecule has 1 N–H and O–H groups in total. The van der Waals surface area contributed by atoms with Crippen LogP contribution in [0.4, 0.5) is 0 Å². The first-order valence-electron chi connectivity index (χ1n) is 9.20. The van der Waals surface area contributed by atoms with Gasteiger partial charge in [0, 0.05) is 37.4 Å². The minimum Gasteiger partial charge on any atom is -0.481 e. The zero-order valence-electron chi connectivity index (χ0n) is 15.1. The van der Waals surface area contributed by atoms with Gasteiger partial charge in [0.15, 0.2) is 11.5 Å². The van der Waals surface area contributed by atoms with Gasteiger partial charge in [-0.15, -0.1) is 0 Å². The van der Waals surface area contributed by atoms with Crippen LogP contribution in [-0.2, 0) is 11.2 Å². The van der Waals surface area contributed by atoms with Crippen LogP contribution in [-0.4, -0.2) is 40.8 Å². The largest absolute Gasteiger partial charge is 0.481 e. The average Bonchev–Trinajstić information content (AvgIpc) is 3.25. The van der Waals surface area contributed by atoms with Gasteiger partial charge in [-0.05, 0) is 18.9 Å². The maximum Gasteiger partial charge on any atom is 0.308 e. The van der Waals surface area contributed by atoms with E-state index in [1.807, 2.05) is 30.3 Å². The maximum atomic E-state index is 13.1. The molecule has 6 nitrogen and oxygen atoms in total. The summed E-state index contributed by atoms with van der Waals surface area (Å²) in [6, 6.07) is 9.41. The Morgan fingerprint density at radius 1 is 1.15 bits per heavy atom. The lowest BCUT2D eigenvalue weighted by Crippen LogP contribution is -2.30. The van der Waals surface area contributed by atoms with E-state index in [4.69, 9.17) is 4.42 Å². The highest BCUT2D eigenvalue weighted by atomic mass is 16.4. The van der Waals surface area contributed by atoms with E-state index >= 15 is 0 Å². The van der Waals surface area contributed by atoms with Gasteiger partial charge in [0.25, 0.3) is 5.91 Å². The molecule has 1 fully saturated rings. The second-order valence-corrected chi connectivity index (χ2v) is 7.30. The fraction of sp³-hybridized carbons (Fsp3) is 0.381. The number of fused-ring (bicyclic) bond motifs is 1. The van der Waals surface area contributed by atoms with E-state index in [-0.39, 0.29) is 29.9 Å². The Morgan fingerprint density at radius 2 is 1.89 bits per heavy atom. The smallest absolute Gasteiger partial charge is 0.308 e. The van der Waals surface area contributed by atoms with Crippen molar-refractivity contribution < 1.29 is 23.9 Å². The third-order valence-corrected chi connectivity index (χ3v) is 5.65. The van der Waals surface area contributed by atoms with E-state index < -0.39 is 11.9 Å². The number of carbonyl (C=O) groups is 3. The minimum atomic E-state index is -0.912. The normalized spacial score (nSPS) is 22.0. The highest BCUT2D eigenvalue weighted by Gasteiger charge is 2.42. The summed E-state index contributed by atoms with van der Waals surface area (Å²) in [5, 5.41) is 9.63. The Labute approximate surface area is 156 Å². The summed E-state index contributed by atoms with van der Waals surface area (Å²) >= 11 is 0. The number of carboxylic acids is 1. The van der Waals surface area contributed by atoms with Crippen LogP contribution in [0.15, 0.2) is 34.7 Å². The molecule has 0 spiro atoms. The SMILES string of the molecule is Cc1c(C(=O)N2C[C@H](C(=O)O)[C@H](c3ccccc3)C2)oc2c1C(=O)CCC2. The van der Waals surface area contributed by atoms with E-state index in [2.05, 4.69) is 0 Å². The van der Waals surface area contributed by atoms with Crippen molar-refractivity contribution in [2.45, 2.75) is 32.1 Å². The number of rotatable bonds is 3. The lowest BCUT2D eigenvalue weighted by Gasteiger charge is -2.15. The highest BCUT2D eigenvalue weighted by molar-refractivity contribution is 6.03. The summed E-state index contributed by atoms with van der Waals surface area (Å²) in [5.41, 5.74) is 2.03. The van der Waals surface area contributed by atoms with Crippen molar-refractivity contribution in [2.24, 2.45) is 5.92 Å². The first kappa shape index (κ1) is 17.5. The number of likely N-dealkylation sites (tertiary alicyclic amines) is 1. The molecule has 1 aliphatic carbocycles. The summed E-state index contributed by atoms with van der Waals surface area (Å²) in [5.74, 6) is -1.40. The van der Waals surface area contributed by atoms with Gasteiger partial charge in [-0.3, -0.25) is 14.4 Å². The minimum absolute atomic E-state index is 0.0172. The summed E-state index contributed by atoms with van der Waals surface area (Å²) < 4.78 is 5.76. The number of Topliss-reactive ketones (excluding diaryl/α,β-unsaturated/α-hetero) is 1. The maximum absolute atomic E-state index is 13.1. The fourth-order valence-electron chi connectivity index (χ4n) is 4.25. The molecular weight excluding hydrogens is 346 g/mol. The van der Waals surface area contributed by atoms with Crippen molar-refractivity contribution >= 4 is 17.7 Å². The number of ketones is 1. The molecule has 2 aromatic rings. The van der Waals surface area contributed by atoms with E-state index in [1.54, 1.807) is 6.92 Å². The highest BCUT2D eigenvalue weighted by Crippen LogP contribution is 2.35. The van der Waals surface area contributed by atoms with Crippen molar-refractivity contribution in [3.05, 3.63) is 58.5 Å². The van der Waals surface area contributed by atoms with Crippen molar-refractivity contribution in [3.63, 3.8) is 0 Å². The Kier molecular flexibility index (Phi) is 4.34. The number of benzene rings is 1. The molecule has 6 heteroatoms. The molecule has 1 aromatic heterocycles. The van der Waals surface area contributed by atoms with Crippen LogP contribution in [0, 0.1) is 12.8 Å². The predicted molar refractivity (Wildman–Crippen MR) is 96.9 cm³/mol. The standard InChI is InChI=1S/C21H21NO5/c1-12-18-16(23)8-5-9-17(18)27-19(12)20(24)22-10-14(15(11-22)21(25)26)13-6-3-2-4-7-13/h2-4,6-7,14-15H,5,8-11H2,1H3,(H,25,26)/t14-,15-/m0/s1. The molecule has 27 heavy (non-hydrogen) atoms. The van der Waals surface area contributed by atoms with Gasteiger partial charge in [-0.1, -0.05) is 30.3 Å². The number of aliphatic carboxylic acids is 1. The van der Waals surface area contributed by atoms with Gasteiger partial charge >= 0.3 is 5.97 Å². The van der Waals surface area contributed by atoms with Gasteiger partial charge in [0.2, 0.25) is 0 Å². The molecule has 0 radical (unpaired) electrons. The molecule has 2 atom stereocenters. The van der Waals surface area contributed by atoms with E-state index in [1.165, 1.54) is 4.90 Å². The number of carbonyl (C=O) groups excluding carboxylic acids is 2. The van der Waals surface area contributed by atoms with Crippen LogP contribution in [0.1, 0.15) is 56.6 Å². The number of hydrogen-bond donors (Lipinski definition) is 1. The number of carboxylic acid groups (broad SMARTS) is 1. The molecular formula is C21H21NO5. The lowest BCUT2D eigenvalue weighted by molar-refractivity contribution is -0.141. The molecule has 2 heterocycles. The molecule has 1 saturated heterocycles. The Morgan fingerprint density at radius 3 is 2.56 bits per heavy atom. The van der Waals surface area contributed by atoms with Crippen LogP contribution >= 0.6 is 0 Å². The summed E-state index contributed by atoms with van der Waals surface area (Å²) in [6.07, 6.45) is 1.86. The summed E-state index contributed by atoms with van der Waals surface area (Å²) in [6.45, 7) is 2.18. The lowest BCUT2D eigenvalue weighted by atomic mass is 9.89. The van der Waals surface area contributed by atoms with Crippen LogP contribution in [0.2, 0.25) is 0 Å². The van der Waals surface area contributed by atoms with Gasteiger partial charge in [0.05, 0.1) is 11.5 Å². The van der Waals surface area contributed by atoms with E-state index in [9.17, 15) is 19.5 Å². The molecule has 0 unspecified atom stereocenters. The van der Waals surface area contributed by atoms with Crippen LogP contribution in [0.25, 0.3) is 0 Å². The van der Waals surface area contributed by atoms with Crippen molar-refractivity contribution in [3.8, 4) is 0 Å². The monoisotopic (exact) mass is 367 g/mol. The molecule has 1 aromatic carbocycles. The number of nitrogens with zero attached hydrogens (tertiary/aromatic N) is 1. The van der Waals surface area contributed by atoms with Crippen molar-refractivity contribution in [2.75, 3.05) is 13.1 Å². The zero-order chi connectivity index (χ0) is 19.1. The van der Waals surface area contributed by atoms with E-state index in [0.29, 0.717) is 36.3 Å². The topological polar surface area (TPSA) is 87.8 Å². The predicted octanol–water partition coefficient (Wildman–Crippen LogP) is 3.05. The van der Waals surface area contributed by atoms with Crippen LogP contribution in [0.5, 0.6) is 0 Å². The fourth-order valence-corrected chi connectivity index (χ4v) is 4.25. The zero-order valence-corrected chi connectivity index (χ0v) is 15.1. The quantitative estimate of drug-likeness (QED) is 0.901. The first-order chi connectivity index (χ1) is 13.0. The van der Waals surface area contributed by atoms with Crippen molar-refractivity contribution in [1.29, 1.82) is 0 Å². The number of aryl methyl sites for hydroxylation is 1. The third kappa shape index (κ3) is 2.95. The molecule has 140 valence electrons. The van der Waals surface area contributed by atoms with Gasteiger partial charge in [0.1, 0.15) is 5.76 Å². The Balaban J connectivity index is 1.64. The molecule has 4 rings (SSSR count). The molecule has 0 bridgehead atoms. The Bertz CT molecular complexity index is 914. The molecule has 1 aliphatic heterocycles. The Hall–Kier alpha value is -2.89. The second-order valence-electron chi connectivity index (χ2n) is 7.30. The summed E-state index contributed by atoms with van der Waals surface area (Å²) in [7, 11) is 0. The first-order valence-corrected chi connectivity index (χ1v) is 9.20. The summed E-state index contributed by atoms with van der Waals surface area (Å²) in [4.78, 5) is 38.5. The van der Waals surface area contributed by atoms with Crippen molar-refractivity contribution in [1.82, 2.24) is 4.90 Å². The van der Waals surface area contributed by atoms with Gasteiger partial charge in [-0.25, -0.2) is 0 Å². The second kappa shape index (κ2) is 6.68. The number of furan rings is 1. The molecule has 0 saturated carbocycles. The third-order valence-electron chi connectivity index (χ3n) is 5.65. The number of hydrogen-bond acceptors (Lipinski definition) is 4. The average molecular weight is 367 g/mol. The van der Waals surface area contributed by atoms with Gasteiger partial charge < -0.3 is 14.4 Å². The van der Waals surface area contributed by atoms with Crippen LogP contribution < -0.4 is 0 Å². The van der Waals surface area contributed by atoms with Gasteiger partial charge in [-0.2, -0.15) is 0 Å². The van der Waals surface area contributed by atoms with E-state index in [0.717, 1.165) is 12.0 Å². The number of amides is 1. The molecule has 1 amide bonds. The van der Waals surface area contributed by atoms with Crippen LogP contribution in [0.3, 0.4) is 0 Å².